The Hall–Kier alpha value is -2.53. The van der Waals surface area contributed by atoms with E-state index in [-0.39, 0.29) is 17.9 Å². The molecule has 0 aliphatic carbocycles. The van der Waals surface area contributed by atoms with Crippen molar-refractivity contribution in [2.24, 2.45) is 11.8 Å². The summed E-state index contributed by atoms with van der Waals surface area (Å²) in [7, 11) is 0. The Labute approximate surface area is 186 Å². The number of hydrogen-bond donors (Lipinski definition) is 2. The summed E-state index contributed by atoms with van der Waals surface area (Å²) < 4.78 is 11.5. The van der Waals surface area contributed by atoms with Crippen LogP contribution in [-0.2, 0) is 17.8 Å². The molecule has 2 atom stereocenters. The minimum atomic E-state index is -0.0806. The molecule has 5 heteroatoms. The van der Waals surface area contributed by atoms with Crippen LogP contribution in [0.5, 0.6) is 11.5 Å². The summed E-state index contributed by atoms with van der Waals surface area (Å²) in [5.41, 5.74) is 2.44. The van der Waals surface area contributed by atoms with E-state index in [9.17, 15) is 4.79 Å². The number of amides is 1. The number of aryl methyl sites for hydroxylation is 1. The molecule has 1 heterocycles. The van der Waals surface area contributed by atoms with Crippen molar-refractivity contribution in [3.05, 3.63) is 59.7 Å². The smallest absolute Gasteiger partial charge is 0.224 e. The third-order valence-electron chi connectivity index (χ3n) is 5.76. The van der Waals surface area contributed by atoms with Gasteiger partial charge in [-0.05, 0) is 42.0 Å². The first-order valence-electron chi connectivity index (χ1n) is 11.5. The zero-order valence-electron chi connectivity index (χ0n) is 19.0. The summed E-state index contributed by atoms with van der Waals surface area (Å²) in [6.45, 7) is 9.14. The van der Waals surface area contributed by atoms with Gasteiger partial charge in [0.25, 0.3) is 0 Å². The fraction of sp³-hybridized carbons (Fsp3) is 0.500. The summed E-state index contributed by atoms with van der Waals surface area (Å²) in [5, 5.41) is 6.66. The van der Waals surface area contributed by atoms with E-state index in [1.807, 2.05) is 31.2 Å². The van der Waals surface area contributed by atoms with Crippen molar-refractivity contribution in [3.8, 4) is 11.5 Å². The van der Waals surface area contributed by atoms with Gasteiger partial charge in [0.1, 0.15) is 0 Å². The Morgan fingerprint density at radius 3 is 2.45 bits per heavy atom. The van der Waals surface area contributed by atoms with Crippen LogP contribution in [0.15, 0.2) is 48.5 Å². The van der Waals surface area contributed by atoms with Gasteiger partial charge in [-0.2, -0.15) is 0 Å². The van der Waals surface area contributed by atoms with Gasteiger partial charge in [-0.25, -0.2) is 0 Å². The summed E-state index contributed by atoms with van der Waals surface area (Å²) in [5.74, 6) is 2.06. The minimum absolute atomic E-state index is 0.0806. The topological polar surface area (TPSA) is 59.6 Å². The van der Waals surface area contributed by atoms with Crippen molar-refractivity contribution >= 4 is 5.91 Å². The number of nitrogens with one attached hydrogen (secondary N) is 2. The highest BCUT2D eigenvalue weighted by Gasteiger charge is 2.20. The van der Waals surface area contributed by atoms with Gasteiger partial charge < -0.3 is 20.1 Å². The molecule has 5 nitrogen and oxygen atoms in total. The molecule has 0 fully saturated rings. The Morgan fingerprint density at radius 2 is 1.71 bits per heavy atom. The van der Waals surface area contributed by atoms with Gasteiger partial charge in [-0.3, -0.25) is 4.79 Å². The molecule has 0 bridgehead atoms. The monoisotopic (exact) mass is 424 g/mol. The summed E-state index contributed by atoms with van der Waals surface area (Å²) in [6.07, 6.45) is 2.69. The maximum atomic E-state index is 12.8. The van der Waals surface area contributed by atoms with Crippen LogP contribution in [-0.4, -0.2) is 31.7 Å². The molecule has 168 valence electrons. The maximum absolute atomic E-state index is 12.8. The molecule has 0 saturated heterocycles. The number of fused-ring (bicyclic) bond motifs is 1. The number of rotatable bonds is 10. The van der Waals surface area contributed by atoms with Crippen molar-refractivity contribution in [1.29, 1.82) is 0 Å². The third-order valence-corrected chi connectivity index (χ3v) is 5.76. The van der Waals surface area contributed by atoms with E-state index < -0.39 is 0 Å². The molecule has 3 rings (SSSR count). The predicted octanol–water partition coefficient (Wildman–Crippen LogP) is 4.35. The van der Waals surface area contributed by atoms with Gasteiger partial charge in [-0.15, -0.1) is 0 Å². The molecule has 31 heavy (non-hydrogen) atoms. The van der Waals surface area contributed by atoms with Gasteiger partial charge >= 0.3 is 0 Å². The van der Waals surface area contributed by atoms with Gasteiger partial charge in [0.2, 0.25) is 5.91 Å². The highest BCUT2D eigenvalue weighted by atomic mass is 16.5. The largest absolute Gasteiger partial charge is 0.490 e. The lowest BCUT2D eigenvalue weighted by molar-refractivity contribution is -0.125. The highest BCUT2D eigenvalue weighted by molar-refractivity contribution is 5.78. The number of carbonyl (C=O) groups excluding carboxylic acids is 1. The molecule has 0 aromatic heterocycles. The van der Waals surface area contributed by atoms with Gasteiger partial charge in [-0.1, -0.05) is 57.2 Å². The van der Waals surface area contributed by atoms with Crippen LogP contribution in [0.3, 0.4) is 0 Å². The first kappa shape index (κ1) is 23.1. The Balaban J connectivity index is 1.47. The average molecular weight is 425 g/mol. The van der Waals surface area contributed by atoms with Crippen LogP contribution < -0.4 is 20.1 Å². The van der Waals surface area contributed by atoms with Crippen LogP contribution in [0.1, 0.15) is 44.7 Å². The zero-order chi connectivity index (χ0) is 22.1. The minimum Gasteiger partial charge on any atom is -0.490 e. The van der Waals surface area contributed by atoms with Gasteiger partial charge in [0, 0.05) is 31.5 Å². The molecule has 0 spiro atoms. The molecule has 2 N–H and O–H groups in total. The van der Waals surface area contributed by atoms with Gasteiger partial charge in [0.05, 0.1) is 13.2 Å². The first-order chi connectivity index (χ1) is 15.0. The van der Waals surface area contributed by atoms with E-state index in [2.05, 4.69) is 48.7 Å². The second-order valence-electron chi connectivity index (χ2n) is 8.75. The molecular formula is C26H36N2O3. The van der Waals surface area contributed by atoms with E-state index in [4.69, 9.17) is 9.47 Å². The van der Waals surface area contributed by atoms with Crippen LogP contribution in [0.4, 0.5) is 0 Å². The molecule has 2 aromatic rings. The van der Waals surface area contributed by atoms with Crippen molar-refractivity contribution < 1.29 is 14.3 Å². The maximum Gasteiger partial charge on any atom is 0.224 e. The summed E-state index contributed by atoms with van der Waals surface area (Å²) in [4.78, 5) is 12.8. The van der Waals surface area contributed by atoms with Gasteiger partial charge in [0.15, 0.2) is 11.5 Å². The molecule has 0 radical (unpaired) electrons. The van der Waals surface area contributed by atoms with Crippen LogP contribution in [0.25, 0.3) is 0 Å². The number of hydrogen-bond acceptors (Lipinski definition) is 4. The second-order valence-corrected chi connectivity index (χ2v) is 8.75. The lowest BCUT2D eigenvalue weighted by Gasteiger charge is -2.25. The normalized spacial score (nSPS) is 15.2. The molecule has 1 aliphatic heterocycles. The second kappa shape index (κ2) is 11.8. The molecule has 2 aromatic carbocycles. The van der Waals surface area contributed by atoms with Crippen molar-refractivity contribution in [1.82, 2.24) is 10.6 Å². The lowest BCUT2D eigenvalue weighted by Crippen LogP contribution is -2.43. The van der Waals surface area contributed by atoms with E-state index in [0.717, 1.165) is 37.3 Å². The first-order valence-corrected chi connectivity index (χ1v) is 11.5. The van der Waals surface area contributed by atoms with E-state index in [0.29, 0.717) is 25.7 Å². The molecular weight excluding hydrogens is 388 g/mol. The molecule has 1 aliphatic rings. The summed E-state index contributed by atoms with van der Waals surface area (Å²) >= 11 is 0. The van der Waals surface area contributed by atoms with Crippen LogP contribution in [0, 0.1) is 11.8 Å². The van der Waals surface area contributed by atoms with Crippen molar-refractivity contribution in [2.45, 2.75) is 52.6 Å². The number of benzene rings is 2. The highest BCUT2D eigenvalue weighted by Crippen LogP contribution is 2.31. The van der Waals surface area contributed by atoms with E-state index >= 15 is 0 Å². The summed E-state index contributed by atoms with van der Waals surface area (Å²) in [6, 6.07) is 16.6. The standard InChI is InChI=1S/C26H36N2O3/c1-19(2)23(12-10-21-11-13-24-25(16-21)31-15-7-14-30-24)28-26(29)20(3)17-27-18-22-8-5-4-6-9-22/h4-6,8-9,11,13,16,19-20,23,27H,7,10,12,14-15,17-18H2,1-3H3,(H,28,29). The van der Waals surface area contributed by atoms with Crippen LogP contribution in [0.2, 0.25) is 0 Å². The molecule has 0 saturated carbocycles. The number of ether oxygens (including phenoxy) is 2. The van der Waals surface area contributed by atoms with Crippen molar-refractivity contribution in [3.63, 3.8) is 0 Å². The third kappa shape index (κ3) is 7.28. The fourth-order valence-corrected chi connectivity index (χ4v) is 3.70. The zero-order valence-corrected chi connectivity index (χ0v) is 19.0. The van der Waals surface area contributed by atoms with E-state index in [1.165, 1.54) is 11.1 Å². The fourth-order valence-electron chi connectivity index (χ4n) is 3.70. The Bertz CT molecular complexity index is 823. The van der Waals surface area contributed by atoms with Crippen molar-refractivity contribution in [2.75, 3.05) is 19.8 Å². The van der Waals surface area contributed by atoms with E-state index in [1.54, 1.807) is 0 Å². The lowest BCUT2D eigenvalue weighted by atomic mass is 9.95. The average Bonchev–Trinajstić information content (AvgIpc) is 3.02. The molecule has 2 unspecified atom stereocenters. The van der Waals surface area contributed by atoms with Crippen LogP contribution >= 0.6 is 0 Å². The Kier molecular flexibility index (Phi) is 8.77. The predicted molar refractivity (Wildman–Crippen MR) is 124 cm³/mol. The quantitative estimate of drug-likeness (QED) is 0.595. The number of carbonyl (C=O) groups is 1. The molecule has 1 amide bonds. The SMILES string of the molecule is CC(CNCc1ccccc1)C(=O)NC(CCc1ccc2c(c1)OCCCO2)C(C)C. The Morgan fingerprint density at radius 1 is 0.968 bits per heavy atom.